The average molecular weight is 310 g/mol. The van der Waals surface area contributed by atoms with Crippen LogP contribution in [0, 0.1) is 0 Å². The topological polar surface area (TPSA) is 61.8 Å². The highest BCUT2D eigenvalue weighted by Gasteiger charge is 2.20. The third-order valence-electron chi connectivity index (χ3n) is 3.50. The molecule has 0 atom stereocenters. The number of hydrogen-bond donors (Lipinski definition) is 0. The van der Waals surface area contributed by atoms with Gasteiger partial charge in [-0.1, -0.05) is 25.1 Å². The van der Waals surface area contributed by atoms with Crippen molar-refractivity contribution in [1.82, 2.24) is 18.7 Å². The van der Waals surface area contributed by atoms with Gasteiger partial charge in [0.15, 0.2) is 16.3 Å². The second-order valence-corrected chi connectivity index (χ2v) is 6.50. The molecule has 0 aliphatic rings. The molecule has 0 spiro atoms. The van der Waals surface area contributed by atoms with Crippen LogP contribution in [-0.2, 0) is 14.1 Å². The maximum absolute atomic E-state index is 12.4. The van der Waals surface area contributed by atoms with Gasteiger partial charge in [-0.3, -0.25) is 13.9 Å². The van der Waals surface area contributed by atoms with Crippen molar-refractivity contribution in [3.63, 3.8) is 0 Å². The fourth-order valence-corrected chi connectivity index (χ4v) is 3.49. The summed E-state index contributed by atoms with van der Waals surface area (Å²) in [6, 6.07) is 0.115. The van der Waals surface area contributed by atoms with E-state index in [0.717, 1.165) is 28.3 Å². The van der Waals surface area contributed by atoms with Crippen LogP contribution < -0.4 is 11.2 Å². The summed E-state index contributed by atoms with van der Waals surface area (Å²) in [5, 5.41) is 0.812. The monoisotopic (exact) mass is 310 g/mol. The summed E-state index contributed by atoms with van der Waals surface area (Å²) >= 11 is 1.64. The standard InChI is InChI=1S/C14H22N4O2S/c1-6-7-8-21-13-15-11-10(18(13)9(2)3)12(19)17(5)14(20)16(11)4/h9H,6-8H2,1-5H3. The Bertz CT molecular complexity index is 770. The maximum Gasteiger partial charge on any atom is 0.332 e. The molecule has 7 heteroatoms. The number of aryl methyl sites for hydroxylation is 1. The lowest BCUT2D eigenvalue weighted by Gasteiger charge is -2.12. The molecule has 0 amide bonds. The number of hydrogen-bond acceptors (Lipinski definition) is 4. The summed E-state index contributed by atoms with van der Waals surface area (Å²) in [7, 11) is 3.16. The van der Waals surface area contributed by atoms with E-state index >= 15 is 0 Å². The molecular formula is C14H22N4O2S. The van der Waals surface area contributed by atoms with Gasteiger partial charge in [0, 0.05) is 25.9 Å². The van der Waals surface area contributed by atoms with Crippen LogP contribution in [0.5, 0.6) is 0 Å². The van der Waals surface area contributed by atoms with Crippen molar-refractivity contribution in [2.75, 3.05) is 5.75 Å². The number of aromatic nitrogens is 4. The smallest absolute Gasteiger partial charge is 0.311 e. The lowest BCUT2D eigenvalue weighted by molar-refractivity contribution is 0.562. The SMILES string of the molecule is CCCCSc1nc2c(c(=O)n(C)c(=O)n2C)n1C(C)C. The quantitative estimate of drug-likeness (QED) is 0.625. The zero-order chi connectivity index (χ0) is 15.7. The highest BCUT2D eigenvalue weighted by Crippen LogP contribution is 2.26. The predicted molar refractivity (Wildman–Crippen MR) is 86.2 cm³/mol. The molecule has 6 nitrogen and oxygen atoms in total. The summed E-state index contributed by atoms with van der Waals surface area (Å²) in [5.74, 6) is 0.959. The first-order valence-corrected chi connectivity index (χ1v) is 8.19. The molecule has 2 aromatic rings. The third-order valence-corrected chi connectivity index (χ3v) is 4.54. The van der Waals surface area contributed by atoms with Crippen molar-refractivity contribution in [2.45, 2.75) is 44.8 Å². The van der Waals surface area contributed by atoms with Gasteiger partial charge in [-0.25, -0.2) is 9.78 Å². The molecule has 0 aromatic carbocycles. The molecule has 0 aliphatic carbocycles. The Morgan fingerprint density at radius 1 is 1.19 bits per heavy atom. The van der Waals surface area contributed by atoms with Crippen molar-refractivity contribution >= 4 is 22.9 Å². The fourth-order valence-electron chi connectivity index (χ4n) is 2.28. The number of nitrogens with zero attached hydrogens (tertiary/aromatic N) is 4. The van der Waals surface area contributed by atoms with Gasteiger partial charge in [-0.2, -0.15) is 0 Å². The Hall–Kier alpha value is -1.50. The molecule has 0 fully saturated rings. The molecule has 0 unspecified atom stereocenters. The Balaban J connectivity index is 2.75. The van der Waals surface area contributed by atoms with Gasteiger partial charge >= 0.3 is 5.69 Å². The van der Waals surface area contributed by atoms with Crippen molar-refractivity contribution in [1.29, 1.82) is 0 Å². The minimum absolute atomic E-state index is 0.115. The average Bonchev–Trinajstić information content (AvgIpc) is 2.83. The highest BCUT2D eigenvalue weighted by molar-refractivity contribution is 7.99. The van der Waals surface area contributed by atoms with E-state index in [1.54, 1.807) is 18.8 Å². The lowest BCUT2D eigenvalue weighted by Crippen LogP contribution is -2.37. The Labute approximate surface area is 127 Å². The molecule has 0 aliphatic heterocycles. The number of rotatable bonds is 5. The van der Waals surface area contributed by atoms with Gasteiger partial charge in [-0.05, 0) is 20.3 Å². The molecule has 2 rings (SSSR count). The number of unbranched alkanes of at least 4 members (excludes halogenated alkanes) is 1. The van der Waals surface area contributed by atoms with Crippen LogP contribution in [0.2, 0.25) is 0 Å². The van der Waals surface area contributed by atoms with E-state index in [1.807, 2.05) is 18.4 Å². The van der Waals surface area contributed by atoms with Crippen molar-refractivity contribution in [3.8, 4) is 0 Å². The van der Waals surface area contributed by atoms with Crippen molar-refractivity contribution in [3.05, 3.63) is 20.8 Å². The first kappa shape index (κ1) is 15.9. The van der Waals surface area contributed by atoms with Crippen molar-refractivity contribution < 1.29 is 0 Å². The molecule has 0 bridgehead atoms. The number of thioether (sulfide) groups is 1. The predicted octanol–water partition coefficient (Wildman–Crippen LogP) is 1.91. The Kier molecular flexibility index (Phi) is 4.61. The van der Waals surface area contributed by atoms with E-state index in [0.29, 0.717) is 11.2 Å². The van der Waals surface area contributed by atoms with Crippen LogP contribution in [0.15, 0.2) is 14.7 Å². The Morgan fingerprint density at radius 3 is 2.43 bits per heavy atom. The van der Waals surface area contributed by atoms with E-state index in [9.17, 15) is 9.59 Å². The molecule has 0 saturated heterocycles. The van der Waals surface area contributed by atoms with E-state index in [4.69, 9.17) is 0 Å². The summed E-state index contributed by atoms with van der Waals surface area (Å²) < 4.78 is 4.53. The van der Waals surface area contributed by atoms with Gasteiger partial charge in [0.05, 0.1) is 0 Å². The first-order chi connectivity index (χ1) is 9.90. The van der Waals surface area contributed by atoms with E-state index < -0.39 is 0 Å². The van der Waals surface area contributed by atoms with E-state index in [-0.39, 0.29) is 17.3 Å². The molecule has 116 valence electrons. The molecular weight excluding hydrogens is 288 g/mol. The zero-order valence-electron chi connectivity index (χ0n) is 13.2. The normalized spacial score (nSPS) is 11.7. The van der Waals surface area contributed by atoms with Crippen LogP contribution in [0.1, 0.15) is 39.7 Å². The molecule has 0 N–H and O–H groups in total. The summed E-state index contributed by atoms with van der Waals surface area (Å²) in [6.07, 6.45) is 2.22. The molecule has 2 heterocycles. The second kappa shape index (κ2) is 6.09. The largest absolute Gasteiger partial charge is 0.332 e. The molecule has 21 heavy (non-hydrogen) atoms. The van der Waals surface area contributed by atoms with E-state index in [2.05, 4.69) is 11.9 Å². The van der Waals surface area contributed by atoms with Crippen LogP contribution >= 0.6 is 11.8 Å². The fraction of sp³-hybridized carbons (Fsp3) is 0.643. The van der Waals surface area contributed by atoms with Gasteiger partial charge < -0.3 is 4.57 Å². The molecule has 0 radical (unpaired) electrons. The first-order valence-electron chi connectivity index (χ1n) is 7.20. The van der Waals surface area contributed by atoms with Gasteiger partial charge in [-0.15, -0.1) is 0 Å². The highest BCUT2D eigenvalue weighted by atomic mass is 32.2. The molecule has 2 aromatic heterocycles. The second-order valence-electron chi connectivity index (χ2n) is 5.44. The minimum atomic E-state index is -0.342. The molecule has 0 saturated carbocycles. The minimum Gasteiger partial charge on any atom is -0.311 e. The summed E-state index contributed by atoms with van der Waals surface area (Å²) in [4.78, 5) is 29.0. The van der Waals surface area contributed by atoms with Crippen molar-refractivity contribution in [2.24, 2.45) is 14.1 Å². The van der Waals surface area contributed by atoms with Gasteiger partial charge in [0.2, 0.25) is 0 Å². The van der Waals surface area contributed by atoms with Crippen LogP contribution in [0.25, 0.3) is 11.2 Å². The maximum atomic E-state index is 12.4. The van der Waals surface area contributed by atoms with Crippen LogP contribution in [0.3, 0.4) is 0 Å². The summed E-state index contributed by atoms with van der Waals surface area (Å²) in [5.41, 5.74) is 0.354. The zero-order valence-corrected chi connectivity index (χ0v) is 14.0. The van der Waals surface area contributed by atoms with Gasteiger partial charge in [0.25, 0.3) is 5.56 Å². The lowest BCUT2D eigenvalue weighted by atomic mass is 10.4. The Morgan fingerprint density at radius 2 is 1.86 bits per heavy atom. The van der Waals surface area contributed by atoms with E-state index in [1.165, 1.54) is 11.6 Å². The van der Waals surface area contributed by atoms with Crippen LogP contribution in [0.4, 0.5) is 0 Å². The summed E-state index contributed by atoms with van der Waals surface area (Å²) in [6.45, 7) is 6.19. The van der Waals surface area contributed by atoms with Gasteiger partial charge in [0.1, 0.15) is 0 Å². The number of imidazole rings is 1. The third kappa shape index (κ3) is 2.66. The number of fused-ring (bicyclic) bond motifs is 1. The van der Waals surface area contributed by atoms with Crippen LogP contribution in [-0.4, -0.2) is 24.4 Å².